The number of nitrogens with zero attached hydrogens (tertiary/aromatic N) is 1. The average molecular weight is 181 g/mol. The largest absolute Gasteiger partial charge is 1.00 e. The summed E-state index contributed by atoms with van der Waals surface area (Å²) in [7, 11) is 1.60. The molecule has 0 atom stereocenters. The van der Waals surface area contributed by atoms with Crippen LogP contribution in [0.5, 0.6) is 0 Å². The van der Waals surface area contributed by atoms with Crippen LogP contribution in [0.2, 0.25) is 0 Å². The summed E-state index contributed by atoms with van der Waals surface area (Å²) in [6, 6.07) is 0. The van der Waals surface area contributed by atoms with Crippen molar-refractivity contribution in [3.05, 3.63) is 5.32 Å². The standard InChI is InChI=1S/C8H16NO2.Na/c1-3-4-5-6-11-8(10)7-9-2;/h3-7H2,1-2H3;/q-1;+1. The molecule has 0 aromatic rings. The molecule has 0 spiro atoms. The quantitative estimate of drug-likeness (QED) is 0.291. The van der Waals surface area contributed by atoms with Crippen molar-refractivity contribution in [2.75, 3.05) is 20.2 Å². The van der Waals surface area contributed by atoms with E-state index in [9.17, 15) is 4.79 Å². The van der Waals surface area contributed by atoms with Crippen molar-refractivity contribution in [2.45, 2.75) is 26.2 Å². The molecule has 4 heteroatoms. The monoisotopic (exact) mass is 181 g/mol. The minimum atomic E-state index is -0.219. The summed E-state index contributed by atoms with van der Waals surface area (Å²) in [5, 5.41) is 3.66. The van der Waals surface area contributed by atoms with Gasteiger partial charge in [-0.15, -0.1) is 0 Å². The summed E-state index contributed by atoms with van der Waals surface area (Å²) in [6.45, 7) is 2.84. The molecule has 0 bridgehead atoms. The van der Waals surface area contributed by atoms with Gasteiger partial charge in [-0.3, -0.25) is 4.79 Å². The van der Waals surface area contributed by atoms with Gasteiger partial charge in [-0.2, -0.15) is 7.05 Å². The molecule has 0 heterocycles. The first-order valence-corrected chi connectivity index (χ1v) is 4.02. The number of hydrogen-bond acceptors (Lipinski definition) is 2. The summed E-state index contributed by atoms with van der Waals surface area (Å²) in [4.78, 5) is 10.7. The summed E-state index contributed by atoms with van der Waals surface area (Å²) in [5.41, 5.74) is 0. The molecule has 0 aliphatic carbocycles. The van der Waals surface area contributed by atoms with E-state index in [1.165, 1.54) is 0 Å². The van der Waals surface area contributed by atoms with E-state index in [-0.39, 0.29) is 42.1 Å². The van der Waals surface area contributed by atoms with Crippen molar-refractivity contribution in [1.82, 2.24) is 0 Å². The van der Waals surface area contributed by atoms with Gasteiger partial charge in [0.05, 0.1) is 6.61 Å². The van der Waals surface area contributed by atoms with Crippen molar-refractivity contribution >= 4 is 5.97 Å². The van der Waals surface area contributed by atoms with Gasteiger partial charge < -0.3 is 10.1 Å². The molecule has 3 nitrogen and oxygen atoms in total. The molecule has 0 radical (unpaired) electrons. The van der Waals surface area contributed by atoms with Crippen LogP contribution in [0.1, 0.15) is 26.2 Å². The van der Waals surface area contributed by atoms with Gasteiger partial charge in [-0.1, -0.05) is 19.8 Å². The fraction of sp³-hybridized carbons (Fsp3) is 0.875. The van der Waals surface area contributed by atoms with Crippen LogP contribution in [0.15, 0.2) is 0 Å². The zero-order valence-electron chi connectivity index (χ0n) is 8.30. The minimum absolute atomic E-state index is 0. The van der Waals surface area contributed by atoms with Crippen LogP contribution in [0.25, 0.3) is 5.32 Å². The van der Waals surface area contributed by atoms with E-state index in [1.807, 2.05) is 0 Å². The van der Waals surface area contributed by atoms with Crippen molar-refractivity contribution < 1.29 is 39.1 Å². The molecule has 0 fully saturated rings. The third-order valence-electron chi connectivity index (χ3n) is 1.30. The summed E-state index contributed by atoms with van der Waals surface area (Å²) in [6.07, 6.45) is 3.23. The van der Waals surface area contributed by atoms with Gasteiger partial charge in [0.15, 0.2) is 0 Å². The van der Waals surface area contributed by atoms with Crippen molar-refractivity contribution in [1.29, 1.82) is 0 Å². The second kappa shape index (κ2) is 11.4. The fourth-order valence-corrected chi connectivity index (χ4v) is 0.713. The number of unbranched alkanes of at least 4 members (excludes halogenated alkanes) is 2. The first-order chi connectivity index (χ1) is 5.31. The minimum Gasteiger partial charge on any atom is -0.656 e. The molecule has 0 rings (SSSR count). The summed E-state index contributed by atoms with van der Waals surface area (Å²) < 4.78 is 4.85. The molecule has 0 saturated carbocycles. The Morgan fingerprint density at radius 3 is 2.58 bits per heavy atom. The number of carbonyl (C=O) groups excluding carboxylic acids is 1. The van der Waals surface area contributed by atoms with Gasteiger partial charge >= 0.3 is 29.6 Å². The van der Waals surface area contributed by atoms with Crippen LogP contribution in [0.3, 0.4) is 0 Å². The fourth-order valence-electron chi connectivity index (χ4n) is 0.713. The normalized spacial score (nSPS) is 8.83. The number of likely N-dealkylation sites (N-methyl/N-ethyl adjacent to an activating group) is 1. The second-order valence-electron chi connectivity index (χ2n) is 2.40. The van der Waals surface area contributed by atoms with E-state index in [0.29, 0.717) is 6.61 Å². The zero-order chi connectivity index (χ0) is 8.53. The van der Waals surface area contributed by atoms with Crippen LogP contribution >= 0.6 is 0 Å². The molecule has 0 aliphatic heterocycles. The van der Waals surface area contributed by atoms with Gasteiger partial charge in [-0.25, -0.2) is 0 Å². The second-order valence-corrected chi connectivity index (χ2v) is 2.40. The first kappa shape index (κ1) is 14.9. The maximum absolute atomic E-state index is 10.7. The third kappa shape index (κ3) is 10.4. The van der Waals surface area contributed by atoms with E-state index in [2.05, 4.69) is 12.2 Å². The smallest absolute Gasteiger partial charge is 0.656 e. The average Bonchev–Trinajstić information content (AvgIpc) is 1.99. The zero-order valence-corrected chi connectivity index (χ0v) is 10.3. The summed E-state index contributed by atoms with van der Waals surface area (Å²) in [5.74, 6) is -0.219. The molecular weight excluding hydrogens is 165 g/mol. The van der Waals surface area contributed by atoms with E-state index < -0.39 is 0 Å². The van der Waals surface area contributed by atoms with Gasteiger partial charge in [0.1, 0.15) is 0 Å². The number of rotatable bonds is 6. The molecule has 0 aliphatic rings. The van der Waals surface area contributed by atoms with Crippen molar-refractivity contribution in [2.24, 2.45) is 0 Å². The maximum Gasteiger partial charge on any atom is 1.00 e. The van der Waals surface area contributed by atoms with Crippen LogP contribution in [-0.4, -0.2) is 26.2 Å². The Morgan fingerprint density at radius 1 is 1.42 bits per heavy atom. The molecule has 66 valence electrons. The molecule has 0 amide bonds. The van der Waals surface area contributed by atoms with Crippen LogP contribution in [0, 0.1) is 0 Å². The van der Waals surface area contributed by atoms with E-state index in [4.69, 9.17) is 4.74 Å². The predicted octanol–water partition coefficient (Wildman–Crippen LogP) is -1.27. The third-order valence-corrected chi connectivity index (χ3v) is 1.30. The Labute approximate surface area is 96.5 Å². The maximum atomic E-state index is 10.7. The first-order valence-electron chi connectivity index (χ1n) is 4.02. The molecule has 12 heavy (non-hydrogen) atoms. The number of esters is 1. The molecule has 0 saturated heterocycles. The topological polar surface area (TPSA) is 40.4 Å². The van der Waals surface area contributed by atoms with Gasteiger partial charge in [-0.05, 0) is 13.0 Å². The predicted molar refractivity (Wildman–Crippen MR) is 44.6 cm³/mol. The van der Waals surface area contributed by atoms with Crippen LogP contribution in [-0.2, 0) is 9.53 Å². The van der Waals surface area contributed by atoms with Gasteiger partial charge in [0.2, 0.25) is 0 Å². The Balaban J connectivity index is 0. The van der Waals surface area contributed by atoms with Gasteiger partial charge in [0.25, 0.3) is 5.97 Å². The number of hydrogen-bond donors (Lipinski definition) is 0. The molecule has 0 N–H and O–H groups in total. The Hall–Kier alpha value is 0.430. The van der Waals surface area contributed by atoms with E-state index >= 15 is 0 Å². The Bertz CT molecular complexity index is 109. The number of ether oxygens (including phenoxy) is 1. The number of carbonyl (C=O) groups is 1. The van der Waals surface area contributed by atoms with Crippen molar-refractivity contribution in [3.63, 3.8) is 0 Å². The Morgan fingerprint density at radius 2 is 2.08 bits per heavy atom. The van der Waals surface area contributed by atoms with Crippen molar-refractivity contribution in [3.8, 4) is 0 Å². The molecule has 0 unspecified atom stereocenters. The molecule has 0 aromatic carbocycles. The van der Waals surface area contributed by atoms with E-state index in [0.717, 1.165) is 19.3 Å². The van der Waals surface area contributed by atoms with Crippen LogP contribution < -0.4 is 29.6 Å². The molecular formula is C8H16NNaO2. The van der Waals surface area contributed by atoms with E-state index in [1.54, 1.807) is 7.05 Å². The summed E-state index contributed by atoms with van der Waals surface area (Å²) >= 11 is 0. The van der Waals surface area contributed by atoms with Gasteiger partial charge in [0, 0.05) is 0 Å². The van der Waals surface area contributed by atoms with Crippen LogP contribution in [0.4, 0.5) is 0 Å². The molecule has 0 aromatic heterocycles. The SMILES string of the molecule is CCCCCOC(=O)C[N-]C.[Na+]. The Kier molecular flexibility index (Phi) is 14.2.